The van der Waals surface area contributed by atoms with Crippen molar-refractivity contribution in [3.8, 4) is 6.07 Å². The largest absolute Gasteiger partial charge is 0.207 e. The molecule has 1 nitrogen and oxygen atoms in total. The topological polar surface area (TPSA) is 23.8 Å². The average Bonchev–Trinajstić information content (AvgIpc) is 2.91. The van der Waals surface area contributed by atoms with E-state index < -0.39 is 0 Å². The van der Waals surface area contributed by atoms with Gasteiger partial charge < -0.3 is 0 Å². The summed E-state index contributed by atoms with van der Waals surface area (Å²) in [6.45, 7) is 0. The molecule has 0 N–H and O–H groups in total. The lowest BCUT2D eigenvalue weighted by atomic mass is 10.1. The van der Waals surface area contributed by atoms with Crippen LogP contribution >= 0.6 is 0 Å². The van der Waals surface area contributed by atoms with E-state index >= 15 is 0 Å². The first-order valence-corrected chi connectivity index (χ1v) is 4.46. The molecule has 0 unspecified atom stereocenters. The lowest BCUT2D eigenvalue weighted by Gasteiger charge is -2.01. The van der Waals surface area contributed by atoms with E-state index in [1.807, 2.05) is 12.1 Å². The highest BCUT2D eigenvalue weighted by molar-refractivity contribution is 5.30. The van der Waals surface area contributed by atoms with Crippen LogP contribution in [0.5, 0.6) is 0 Å². The van der Waals surface area contributed by atoms with E-state index in [0.717, 1.165) is 5.56 Å². The summed E-state index contributed by atoms with van der Waals surface area (Å²) in [5, 5.41) is 8.42. The van der Waals surface area contributed by atoms with Gasteiger partial charge in [-0.2, -0.15) is 5.26 Å². The summed E-state index contributed by atoms with van der Waals surface area (Å²) in [7, 11) is 0. The molecule has 0 spiro atoms. The smallest absolute Gasteiger partial charge is 0.127 e. The molecule has 0 radical (unpaired) electrons. The monoisotopic (exact) mass is 175 g/mol. The van der Waals surface area contributed by atoms with Crippen molar-refractivity contribution in [3.05, 3.63) is 35.1 Å². The molecule has 0 bridgehead atoms. The Morgan fingerprint density at radius 1 is 1.46 bits per heavy atom. The number of benzene rings is 1. The van der Waals surface area contributed by atoms with E-state index in [-0.39, 0.29) is 12.2 Å². The van der Waals surface area contributed by atoms with Crippen molar-refractivity contribution in [2.45, 2.75) is 25.2 Å². The first kappa shape index (κ1) is 8.25. The highest BCUT2D eigenvalue weighted by Gasteiger charge is 2.23. The summed E-state index contributed by atoms with van der Waals surface area (Å²) in [5.74, 6) is 0.344. The van der Waals surface area contributed by atoms with Crippen LogP contribution < -0.4 is 0 Å². The number of rotatable bonds is 2. The van der Waals surface area contributed by atoms with E-state index in [1.54, 1.807) is 12.1 Å². The molecule has 0 aromatic heterocycles. The Balaban J connectivity index is 2.27. The van der Waals surface area contributed by atoms with Crippen molar-refractivity contribution >= 4 is 0 Å². The predicted molar refractivity (Wildman–Crippen MR) is 47.7 cm³/mol. The standard InChI is InChI=1S/C11H10FN/c12-11-7-10(8-1-2-8)4-3-9(11)5-6-13/h3-4,7-8H,1-2,5H2. The van der Waals surface area contributed by atoms with Gasteiger partial charge >= 0.3 is 0 Å². The maximum Gasteiger partial charge on any atom is 0.127 e. The van der Waals surface area contributed by atoms with Crippen LogP contribution in [0.1, 0.15) is 29.9 Å². The molecule has 1 fully saturated rings. The van der Waals surface area contributed by atoms with Gasteiger partial charge in [-0.3, -0.25) is 0 Å². The second kappa shape index (κ2) is 3.18. The van der Waals surface area contributed by atoms with Gasteiger partial charge in [0.15, 0.2) is 0 Å². The van der Waals surface area contributed by atoms with E-state index in [1.165, 1.54) is 12.8 Å². The van der Waals surface area contributed by atoms with Gasteiger partial charge in [0.2, 0.25) is 0 Å². The first-order valence-electron chi connectivity index (χ1n) is 4.46. The maximum absolute atomic E-state index is 13.3. The molecule has 2 heteroatoms. The van der Waals surface area contributed by atoms with Crippen molar-refractivity contribution in [1.82, 2.24) is 0 Å². The summed E-state index contributed by atoms with van der Waals surface area (Å²) in [4.78, 5) is 0. The Hall–Kier alpha value is -1.36. The Morgan fingerprint density at radius 2 is 2.23 bits per heavy atom. The molecular weight excluding hydrogens is 165 g/mol. The van der Waals surface area contributed by atoms with Crippen LogP contribution in [0.4, 0.5) is 4.39 Å². The third-order valence-corrected chi connectivity index (χ3v) is 2.40. The Kier molecular flexibility index (Phi) is 2.02. The zero-order valence-electron chi connectivity index (χ0n) is 7.26. The second-order valence-electron chi connectivity index (χ2n) is 3.46. The van der Waals surface area contributed by atoms with E-state index in [4.69, 9.17) is 5.26 Å². The Bertz CT molecular complexity index is 361. The van der Waals surface area contributed by atoms with Crippen LogP contribution in [-0.2, 0) is 6.42 Å². The molecule has 2 rings (SSSR count). The maximum atomic E-state index is 13.3. The van der Waals surface area contributed by atoms with E-state index in [0.29, 0.717) is 11.5 Å². The molecule has 1 aromatic rings. The average molecular weight is 175 g/mol. The van der Waals surface area contributed by atoms with Gasteiger partial charge in [-0.05, 0) is 30.4 Å². The van der Waals surface area contributed by atoms with Crippen molar-refractivity contribution < 1.29 is 4.39 Å². The zero-order chi connectivity index (χ0) is 9.26. The minimum atomic E-state index is -0.231. The molecule has 0 amide bonds. The highest BCUT2D eigenvalue weighted by atomic mass is 19.1. The lowest BCUT2D eigenvalue weighted by molar-refractivity contribution is 0.613. The molecule has 1 saturated carbocycles. The molecular formula is C11H10FN. The minimum absolute atomic E-state index is 0.163. The number of nitriles is 1. The number of halogens is 1. The van der Waals surface area contributed by atoms with E-state index in [9.17, 15) is 4.39 Å². The first-order chi connectivity index (χ1) is 6.31. The lowest BCUT2D eigenvalue weighted by Crippen LogP contribution is -1.90. The molecule has 0 aliphatic heterocycles. The fraction of sp³-hybridized carbons (Fsp3) is 0.364. The molecule has 1 aromatic carbocycles. The normalized spacial score (nSPS) is 15.4. The van der Waals surface area contributed by atoms with Crippen LogP contribution in [0.25, 0.3) is 0 Å². The summed E-state index contributed by atoms with van der Waals surface area (Å²) in [6.07, 6.45) is 2.52. The predicted octanol–water partition coefficient (Wildman–Crippen LogP) is 2.77. The Labute approximate surface area is 76.8 Å². The fourth-order valence-electron chi connectivity index (χ4n) is 1.46. The summed E-state index contributed by atoms with van der Waals surface area (Å²) in [6, 6.07) is 7.19. The van der Waals surface area contributed by atoms with Crippen molar-refractivity contribution in [1.29, 1.82) is 5.26 Å². The number of nitrogens with zero attached hydrogens (tertiary/aromatic N) is 1. The van der Waals surface area contributed by atoms with E-state index in [2.05, 4.69) is 0 Å². The van der Waals surface area contributed by atoms with Crippen molar-refractivity contribution in [2.75, 3.05) is 0 Å². The van der Waals surface area contributed by atoms with Gasteiger partial charge in [0.25, 0.3) is 0 Å². The SMILES string of the molecule is N#CCc1ccc(C2CC2)cc1F. The van der Waals surface area contributed by atoms with Gasteiger partial charge in [0.1, 0.15) is 5.82 Å². The summed E-state index contributed by atoms with van der Waals surface area (Å²) in [5.41, 5.74) is 1.59. The Morgan fingerprint density at radius 3 is 2.77 bits per heavy atom. The molecule has 66 valence electrons. The van der Waals surface area contributed by atoms with Crippen LogP contribution in [0.3, 0.4) is 0 Å². The molecule has 0 saturated heterocycles. The minimum Gasteiger partial charge on any atom is -0.207 e. The van der Waals surface area contributed by atoms with Gasteiger partial charge in [0.05, 0.1) is 12.5 Å². The van der Waals surface area contributed by atoms with Crippen molar-refractivity contribution in [3.63, 3.8) is 0 Å². The van der Waals surface area contributed by atoms with Crippen molar-refractivity contribution in [2.24, 2.45) is 0 Å². The molecule has 13 heavy (non-hydrogen) atoms. The van der Waals surface area contributed by atoms with Gasteiger partial charge in [0, 0.05) is 5.56 Å². The van der Waals surface area contributed by atoms with Crippen LogP contribution in [0.2, 0.25) is 0 Å². The molecule has 0 atom stereocenters. The quantitative estimate of drug-likeness (QED) is 0.678. The second-order valence-corrected chi connectivity index (χ2v) is 3.46. The van der Waals surface area contributed by atoms with Gasteiger partial charge in [-0.15, -0.1) is 0 Å². The zero-order valence-corrected chi connectivity index (χ0v) is 7.26. The molecule has 1 aliphatic rings. The number of hydrogen-bond acceptors (Lipinski definition) is 1. The van der Waals surface area contributed by atoms with Crippen LogP contribution in [0.15, 0.2) is 18.2 Å². The van der Waals surface area contributed by atoms with Crippen LogP contribution in [0, 0.1) is 17.1 Å². The molecule has 0 heterocycles. The molecule has 1 aliphatic carbocycles. The highest BCUT2D eigenvalue weighted by Crippen LogP contribution is 2.40. The summed E-state index contributed by atoms with van der Waals surface area (Å²) >= 11 is 0. The van der Waals surface area contributed by atoms with Gasteiger partial charge in [-0.1, -0.05) is 12.1 Å². The third kappa shape index (κ3) is 1.70. The summed E-state index contributed by atoms with van der Waals surface area (Å²) < 4.78 is 13.3. The van der Waals surface area contributed by atoms with Gasteiger partial charge in [-0.25, -0.2) is 4.39 Å². The van der Waals surface area contributed by atoms with Crippen LogP contribution in [-0.4, -0.2) is 0 Å². The fourth-order valence-corrected chi connectivity index (χ4v) is 1.46. The number of hydrogen-bond donors (Lipinski definition) is 0. The third-order valence-electron chi connectivity index (χ3n) is 2.40.